The van der Waals surface area contributed by atoms with Gasteiger partial charge in [-0.25, -0.2) is 4.39 Å². The molecule has 20 heavy (non-hydrogen) atoms. The summed E-state index contributed by atoms with van der Waals surface area (Å²) >= 11 is 5.76. The van der Waals surface area contributed by atoms with Crippen LogP contribution in [0.2, 0.25) is 5.02 Å². The van der Waals surface area contributed by atoms with E-state index < -0.39 is 0 Å². The number of hydrogen-bond acceptors (Lipinski definition) is 2. The fourth-order valence-electron chi connectivity index (χ4n) is 1.94. The second-order valence-corrected chi connectivity index (χ2v) is 5.62. The van der Waals surface area contributed by atoms with Crippen molar-refractivity contribution in [2.75, 3.05) is 0 Å². The van der Waals surface area contributed by atoms with Crippen molar-refractivity contribution in [2.24, 2.45) is 0 Å². The lowest BCUT2D eigenvalue weighted by atomic mass is 10.2. The fraction of sp³-hybridized carbons (Fsp3) is 0.400. The van der Waals surface area contributed by atoms with Gasteiger partial charge in [-0.05, 0) is 19.1 Å². The van der Waals surface area contributed by atoms with Crippen molar-refractivity contribution in [1.29, 1.82) is 0 Å². The Hall–Kier alpha value is -1.39. The molecule has 108 valence electrons. The Balaban J connectivity index is 2.14. The molecule has 0 spiro atoms. The Kier molecular flexibility index (Phi) is 4.78. The summed E-state index contributed by atoms with van der Waals surface area (Å²) in [5, 5.41) is 8.09. The largest absolute Gasteiger partial charge is 0.310 e. The molecule has 0 atom stereocenters. The van der Waals surface area contributed by atoms with Gasteiger partial charge in [0.05, 0.1) is 12.7 Å². The van der Waals surface area contributed by atoms with E-state index in [1.54, 1.807) is 12.1 Å². The topological polar surface area (TPSA) is 29.9 Å². The molecule has 5 heteroatoms. The average molecular weight is 296 g/mol. The van der Waals surface area contributed by atoms with Gasteiger partial charge in [0.15, 0.2) is 0 Å². The van der Waals surface area contributed by atoms with Crippen LogP contribution in [0.15, 0.2) is 24.4 Å². The molecule has 1 aromatic heterocycles. The van der Waals surface area contributed by atoms with Crippen molar-refractivity contribution in [3.05, 3.63) is 52.1 Å². The number of nitrogens with zero attached hydrogens (tertiary/aromatic N) is 2. The SMILES string of the molecule is Cc1c(CNC(C)C)cnn1Cc1ccc(Cl)cc1F. The van der Waals surface area contributed by atoms with E-state index in [9.17, 15) is 4.39 Å². The normalized spacial score (nSPS) is 11.3. The van der Waals surface area contributed by atoms with E-state index in [0.717, 1.165) is 17.8 Å². The van der Waals surface area contributed by atoms with Crippen LogP contribution in [0.25, 0.3) is 0 Å². The summed E-state index contributed by atoms with van der Waals surface area (Å²) < 4.78 is 15.6. The van der Waals surface area contributed by atoms with Crippen LogP contribution in [0, 0.1) is 12.7 Å². The molecule has 0 fully saturated rings. The van der Waals surface area contributed by atoms with E-state index in [4.69, 9.17) is 11.6 Å². The minimum atomic E-state index is -0.297. The Morgan fingerprint density at radius 3 is 2.75 bits per heavy atom. The highest BCUT2D eigenvalue weighted by molar-refractivity contribution is 6.30. The first-order valence-electron chi connectivity index (χ1n) is 6.66. The standard InChI is InChI=1S/C15H19ClFN3/c1-10(2)18-7-13-8-19-20(11(13)3)9-12-4-5-14(16)6-15(12)17/h4-6,8,10,18H,7,9H2,1-3H3. The van der Waals surface area contributed by atoms with E-state index in [1.807, 2.05) is 17.8 Å². The molecule has 2 rings (SSSR count). The zero-order chi connectivity index (χ0) is 14.7. The van der Waals surface area contributed by atoms with E-state index >= 15 is 0 Å². The first-order chi connectivity index (χ1) is 9.47. The maximum atomic E-state index is 13.8. The third-order valence-electron chi connectivity index (χ3n) is 3.24. The van der Waals surface area contributed by atoms with Gasteiger partial charge in [-0.15, -0.1) is 0 Å². The molecule has 2 aromatic rings. The number of halogens is 2. The summed E-state index contributed by atoms with van der Waals surface area (Å²) in [4.78, 5) is 0. The minimum Gasteiger partial charge on any atom is -0.310 e. The van der Waals surface area contributed by atoms with Crippen molar-refractivity contribution in [2.45, 2.75) is 39.9 Å². The number of rotatable bonds is 5. The quantitative estimate of drug-likeness (QED) is 0.914. The molecule has 0 bridgehead atoms. The van der Waals surface area contributed by atoms with Gasteiger partial charge < -0.3 is 5.32 Å². The molecule has 3 nitrogen and oxygen atoms in total. The molecule has 0 aliphatic heterocycles. The lowest BCUT2D eigenvalue weighted by Gasteiger charge is -2.09. The zero-order valence-corrected chi connectivity index (χ0v) is 12.7. The predicted octanol–water partition coefficient (Wildman–Crippen LogP) is 3.53. The van der Waals surface area contributed by atoms with Gasteiger partial charge in [0.2, 0.25) is 0 Å². The highest BCUT2D eigenvalue weighted by Gasteiger charge is 2.10. The van der Waals surface area contributed by atoms with Crippen molar-refractivity contribution < 1.29 is 4.39 Å². The third kappa shape index (κ3) is 3.58. The van der Waals surface area contributed by atoms with Gasteiger partial charge in [0.25, 0.3) is 0 Å². The molecule has 0 aliphatic carbocycles. The Morgan fingerprint density at radius 1 is 1.35 bits per heavy atom. The Bertz CT molecular complexity index is 593. The molecule has 1 heterocycles. The molecule has 1 N–H and O–H groups in total. The molecule has 0 saturated carbocycles. The van der Waals surface area contributed by atoms with E-state index in [1.165, 1.54) is 6.07 Å². The fourth-order valence-corrected chi connectivity index (χ4v) is 2.10. The van der Waals surface area contributed by atoms with E-state index in [-0.39, 0.29) is 5.82 Å². The lowest BCUT2D eigenvalue weighted by molar-refractivity contribution is 0.574. The molecular formula is C15H19ClFN3. The summed E-state index contributed by atoms with van der Waals surface area (Å²) in [5.41, 5.74) is 2.77. The Labute approximate surface area is 123 Å². The smallest absolute Gasteiger partial charge is 0.129 e. The van der Waals surface area contributed by atoms with E-state index in [0.29, 0.717) is 23.2 Å². The van der Waals surface area contributed by atoms with Crippen LogP contribution < -0.4 is 5.32 Å². The zero-order valence-electron chi connectivity index (χ0n) is 12.0. The van der Waals surface area contributed by atoms with Crippen LogP contribution in [0.1, 0.15) is 30.7 Å². The second kappa shape index (κ2) is 6.37. The highest BCUT2D eigenvalue weighted by atomic mass is 35.5. The van der Waals surface area contributed by atoms with Crippen molar-refractivity contribution in [3.63, 3.8) is 0 Å². The maximum Gasteiger partial charge on any atom is 0.129 e. The molecule has 0 radical (unpaired) electrons. The number of benzene rings is 1. The molecule has 0 saturated heterocycles. The van der Waals surface area contributed by atoms with Gasteiger partial charge in [0.1, 0.15) is 5.82 Å². The summed E-state index contributed by atoms with van der Waals surface area (Å²) in [7, 11) is 0. The summed E-state index contributed by atoms with van der Waals surface area (Å²) in [6.45, 7) is 7.38. The van der Waals surface area contributed by atoms with Crippen molar-refractivity contribution in [3.8, 4) is 0 Å². The van der Waals surface area contributed by atoms with Crippen LogP contribution in [0.3, 0.4) is 0 Å². The summed E-state index contributed by atoms with van der Waals surface area (Å²) in [6.07, 6.45) is 1.83. The van der Waals surface area contributed by atoms with Crippen LogP contribution >= 0.6 is 11.6 Å². The number of hydrogen-bond donors (Lipinski definition) is 1. The second-order valence-electron chi connectivity index (χ2n) is 5.18. The highest BCUT2D eigenvalue weighted by Crippen LogP contribution is 2.17. The lowest BCUT2D eigenvalue weighted by Crippen LogP contribution is -2.22. The van der Waals surface area contributed by atoms with E-state index in [2.05, 4.69) is 24.3 Å². The predicted molar refractivity (Wildman–Crippen MR) is 79.5 cm³/mol. The van der Waals surface area contributed by atoms with Crippen LogP contribution in [0.5, 0.6) is 0 Å². The Morgan fingerprint density at radius 2 is 2.10 bits per heavy atom. The molecule has 1 aromatic carbocycles. The number of nitrogens with one attached hydrogen (secondary N) is 1. The van der Waals surface area contributed by atoms with Crippen LogP contribution in [-0.4, -0.2) is 15.8 Å². The maximum absolute atomic E-state index is 13.8. The van der Waals surface area contributed by atoms with Crippen molar-refractivity contribution in [1.82, 2.24) is 15.1 Å². The first-order valence-corrected chi connectivity index (χ1v) is 7.03. The van der Waals surface area contributed by atoms with Crippen LogP contribution in [-0.2, 0) is 13.1 Å². The van der Waals surface area contributed by atoms with Gasteiger partial charge in [-0.2, -0.15) is 5.10 Å². The van der Waals surface area contributed by atoms with Crippen molar-refractivity contribution >= 4 is 11.6 Å². The summed E-state index contributed by atoms with van der Waals surface area (Å²) in [6, 6.07) is 5.15. The average Bonchev–Trinajstić information content (AvgIpc) is 2.72. The van der Waals surface area contributed by atoms with Gasteiger partial charge >= 0.3 is 0 Å². The minimum absolute atomic E-state index is 0.297. The molecule has 0 aliphatic rings. The van der Waals surface area contributed by atoms with Crippen LogP contribution in [0.4, 0.5) is 4.39 Å². The molecular weight excluding hydrogens is 277 g/mol. The first kappa shape index (κ1) is 15.0. The summed E-state index contributed by atoms with van der Waals surface area (Å²) in [5.74, 6) is -0.297. The molecule has 0 unspecified atom stereocenters. The molecule has 0 amide bonds. The monoisotopic (exact) mass is 295 g/mol. The number of aromatic nitrogens is 2. The van der Waals surface area contributed by atoms with Gasteiger partial charge in [-0.3, -0.25) is 4.68 Å². The van der Waals surface area contributed by atoms with Gasteiger partial charge in [-0.1, -0.05) is 31.5 Å². The van der Waals surface area contributed by atoms with Gasteiger partial charge in [0, 0.05) is 34.4 Å². The third-order valence-corrected chi connectivity index (χ3v) is 3.48.